The summed E-state index contributed by atoms with van der Waals surface area (Å²) in [5.41, 5.74) is 0.811. The topological polar surface area (TPSA) is 41.1 Å². The van der Waals surface area contributed by atoms with Gasteiger partial charge in [0.25, 0.3) is 0 Å². The van der Waals surface area contributed by atoms with Gasteiger partial charge in [0.05, 0.1) is 0 Å². The number of thioether (sulfide) groups is 1. The standard InChI is InChI=1S/C14H16N2OS2/c17-14(16-12-5-2-1-3-6-12)15-8-10-18-11-13-7-4-9-19-13/h1-7,9H,8,10-11H2,(H2,15,16,17). The highest BCUT2D eigenvalue weighted by molar-refractivity contribution is 7.98. The minimum atomic E-state index is -0.150. The highest BCUT2D eigenvalue weighted by Gasteiger charge is 2.00. The molecule has 0 aliphatic carbocycles. The summed E-state index contributed by atoms with van der Waals surface area (Å²) in [4.78, 5) is 12.9. The predicted molar refractivity (Wildman–Crippen MR) is 83.9 cm³/mol. The smallest absolute Gasteiger partial charge is 0.319 e. The maximum atomic E-state index is 11.6. The van der Waals surface area contributed by atoms with Gasteiger partial charge in [-0.15, -0.1) is 11.3 Å². The van der Waals surface area contributed by atoms with Crippen LogP contribution in [0.3, 0.4) is 0 Å². The second-order valence-corrected chi connectivity index (χ2v) is 6.02. The number of benzene rings is 1. The van der Waals surface area contributed by atoms with Crippen LogP contribution < -0.4 is 10.6 Å². The van der Waals surface area contributed by atoms with Gasteiger partial charge in [0.2, 0.25) is 0 Å². The van der Waals surface area contributed by atoms with Crippen LogP contribution in [0.25, 0.3) is 0 Å². The molecule has 0 fully saturated rings. The fourth-order valence-electron chi connectivity index (χ4n) is 1.50. The molecule has 2 amide bonds. The van der Waals surface area contributed by atoms with E-state index in [0.717, 1.165) is 17.2 Å². The molecule has 0 unspecified atom stereocenters. The first kappa shape index (κ1) is 14.0. The van der Waals surface area contributed by atoms with Gasteiger partial charge < -0.3 is 10.6 Å². The number of carbonyl (C=O) groups is 1. The Morgan fingerprint density at radius 3 is 2.74 bits per heavy atom. The summed E-state index contributed by atoms with van der Waals surface area (Å²) in [6.45, 7) is 0.675. The maximum absolute atomic E-state index is 11.6. The molecule has 2 N–H and O–H groups in total. The van der Waals surface area contributed by atoms with Gasteiger partial charge in [-0.05, 0) is 23.6 Å². The molecule has 1 aromatic carbocycles. The van der Waals surface area contributed by atoms with Gasteiger partial charge in [-0.2, -0.15) is 11.8 Å². The molecule has 3 nitrogen and oxygen atoms in total. The van der Waals surface area contributed by atoms with E-state index in [9.17, 15) is 4.79 Å². The van der Waals surface area contributed by atoms with Gasteiger partial charge in [-0.3, -0.25) is 0 Å². The number of amides is 2. The van der Waals surface area contributed by atoms with E-state index in [1.165, 1.54) is 4.88 Å². The monoisotopic (exact) mass is 292 g/mol. The van der Waals surface area contributed by atoms with Crippen LogP contribution in [-0.2, 0) is 5.75 Å². The molecule has 0 atom stereocenters. The van der Waals surface area contributed by atoms with E-state index < -0.39 is 0 Å². The molecule has 0 radical (unpaired) electrons. The van der Waals surface area contributed by atoms with Crippen molar-refractivity contribution in [3.05, 3.63) is 52.7 Å². The number of para-hydroxylation sites is 1. The molecular formula is C14H16N2OS2. The van der Waals surface area contributed by atoms with Crippen molar-refractivity contribution in [3.63, 3.8) is 0 Å². The number of nitrogens with one attached hydrogen (secondary N) is 2. The maximum Gasteiger partial charge on any atom is 0.319 e. The first-order valence-corrected chi connectivity index (χ1v) is 8.08. The third kappa shape index (κ3) is 5.36. The summed E-state index contributed by atoms with van der Waals surface area (Å²) in [6.07, 6.45) is 0. The Bertz CT molecular complexity index is 485. The number of urea groups is 1. The van der Waals surface area contributed by atoms with Gasteiger partial charge >= 0.3 is 6.03 Å². The number of thiophene rings is 1. The fourth-order valence-corrected chi connectivity index (χ4v) is 3.20. The van der Waals surface area contributed by atoms with Gasteiger partial charge in [0, 0.05) is 28.6 Å². The highest BCUT2D eigenvalue weighted by atomic mass is 32.2. The average molecular weight is 292 g/mol. The largest absolute Gasteiger partial charge is 0.337 e. The van der Waals surface area contributed by atoms with E-state index in [4.69, 9.17) is 0 Å². The second kappa shape index (κ2) is 7.86. The zero-order valence-electron chi connectivity index (χ0n) is 10.5. The van der Waals surface area contributed by atoms with E-state index in [1.807, 2.05) is 42.1 Å². The van der Waals surface area contributed by atoms with Crippen molar-refractivity contribution in [1.82, 2.24) is 5.32 Å². The third-order valence-corrected chi connectivity index (χ3v) is 4.46. The van der Waals surface area contributed by atoms with E-state index >= 15 is 0 Å². The van der Waals surface area contributed by atoms with Gasteiger partial charge in [0.1, 0.15) is 0 Å². The van der Waals surface area contributed by atoms with Crippen LogP contribution >= 0.6 is 23.1 Å². The van der Waals surface area contributed by atoms with Crippen LogP contribution in [0.2, 0.25) is 0 Å². The lowest BCUT2D eigenvalue weighted by Crippen LogP contribution is -2.30. The van der Waals surface area contributed by atoms with Crippen LogP contribution in [0.5, 0.6) is 0 Å². The summed E-state index contributed by atoms with van der Waals surface area (Å²) >= 11 is 3.60. The van der Waals surface area contributed by atoms with E-state index in [2.05, 4.69) is 28.1 Å². The summed E-state index contributed by atoms with van der Waals surface area (Å²) in [6, 6.07) is 13.5. The Kier molecular flexibility index (Phi) is 5.78. The number of rotatable bonds is 6. The second-order valence-electron chi connectivity index (χ2n) is 3.88. The number of hydrogen-bond donors (Lipinski definition) is 2. The normalized spacial score (nSPS) is 10.1. The van der Waals surface area contributed by atoms with Crippen molar-refractivity contribution in [2.45, 2.75) is 5.75 Å². The highest BCUT2D eigenvalue weighted by Crippen LogP contribution is 2.16. The molecule has 5 heteroatoms. The number of carbonyl (C=O) groups excluding carboxylic acids is 1. The Labute approximate surface area is 121 Å². The molecule has 0 saturated carbocycles. The van der Waals surface area contributed by atoms with Crippen molar-refractivity contribution >= 4 is 34.8 Å². The van der Waals surface area contributed by atoms with Crippen molar-refractivity contribution < 1.29 is 4.79 Å². The predicted octanol–water partition coefficient (Wildman–Crippen LogP) is 3.80. The van der Waals surface area contributed by atoms with Crippen LogP contribution in [0.4, 0.5) is 10.5 Å². The summed E-state index contributed by atoms with van der Waals surface area (Å²) in [7, 11) is 0. The Morgan fingerprint density at radius 2 is 2.00 bits per heavy atom. The Morgan fingerprint density at radius 1 is 1.16 bits per heavy atom. The molecule has 0 aliphatic rings. The van der Waals surface area contributed by atoms with Gasteiger partial charge in [0.15, 0.2) is 0 Å². The first-order valence-electron chi connectivity index (χ1n) is 6.04. The Balaban J connectivity index is 1.57. The molecule has 2 rings (SSSR count). The lowest BCUT2D eigenvalue weighted by molar-refractivity contribution is 0.252. The molecule has 0 aliphatic heterocycles. The molecule has 0 saturated heterocycles. The summed E-state index contributed by atoms with van der Waals surface area (Å²) < 4.78 is 0. The zero-order chi connectivity index (χ0) is 13.3. The molecule has 100 valence electrons. The van der Waals surface area contributed by atoms with Crippen LogP contribution in [0.1, 0.15) is 4.88 Å². The van der Waals surface area contributed by atoms with Crippen LogP contribution in [-0.4, -0.2) is 18.3 Å². The van der Waals surface area contributed by atoms with E-state index in [-0.39, 0.29) is 6.03 Å². The molecule has 0 bridgehead atoms. The molecule has 19 heavy (non-hydrogen) atoms. The van der Waals surface area contributed by atoms with Crippen molar-refractivity contribution in [3.8, 4) is 0 Å². The number of hydrogen-bond acceptors (Lipinski definition) is 3. The van der Waals surface area contributed by atoms with Gasteiger partial charge in [-0.1, -0.05) is 24.3 Å². The molecular weight excluding hydrogens is 276 g/mol. The fraction of sp³-hybridized carbons (Fsp3) is 0.214. The summed E-state index contributed by atoms with van der Waals surface area (Å²) in [5.74, 6) is 1.93. The molecule has 0 spiro atoms. The molecule has 1 heterocycles. The minimum absolute atomic E-state index is 0.150. The summed E-state index contributed by atoms with van der Waals surface area (Å²) in [5, 5.41) is 7.72. The minimum Gasteiger partial charge on any atom is -0.337 e. The van der Waals surface area contributed by atoms with Crippen LogP contribution in [0.15, 0.2) is 47.8 Å². The van der Waals surface area contributed by atoms with Gasteiger partial charge in [-0.25, -0.2) is 4.79 Å². The quantitative estimate of drug-likeness (QED) is 0.795. The molecule has 1 aromatic heterocycles. The van der Waals surface area contributed by atoms with E-state index in [0.29, 0.717) is 6.54 Å². The van der Waals surface area contributed by atoms with Crippen LogP contribution in [0, 0.1) is 0 Å². The van der Waals surface area contributed by atoms with Crippen molar-refractivity contribution in [1.29, 1.82) is 0 Å². The lowest BCUT2D eigenvalue weighted by atomic mass is 10.3. The SMILES string of the molecule is O=C(NCCSCc1cccs1)Nc1ccccc1. The number of anilines is 1. The van der Waals surface area contributed by atoms with Crippen molar-refractivity contribution in [2.24, 2.45) is 0 Å². The average Bonchev–Trinajstić information content (AvgIpc) is 2.92. The van der Waals surface area contributed by atoms with E-state index in [1.54, 1.807) is 11.3 Å². The zero-order valence-corrected chi connectivity index (χ0v) is 12.1. The van der Waals surface area contributed by atoms with Crippen molar-refractivity contribution in [2.75, 3.05) is 17.6 Å². The third-order valence-electron chi connectivity index (χ3n) is 2.39. The lowest BCUT2D eigenvalue weighted by Gasteiger charge is -2.07. The molecule has 2 aromatic rings. The Hall–Kier alpha value is -1.46. The first-order chi connectivity index (χ1) is 9.34.